The molecule has 0 radical (unpaired) electrons. The Morgan fingerprint density at radius 2 is 2.20 bits per heavy atom. The van der Waals surface area contributed by atoms with Crippen molar-refractivity contribution in [1.29, 1.82) is 0 Å². The largest absolute Gasteiger partial charge is 0.313 e. The van der Waals surface area contributed by atoms with Crippen LogP contribution in [0.15, 0.2) is 16.6 Å². The Bertz CT molecular complexity index is 379. The summed E-state index contributed by atoms with van der Waals surface area (Å²) in [7, 11) is 1.66. The van der Waals surface area contributed by atoms with Crippen LogP contribution < -0.4 is 5.32 Å². The van der Waals surface area contributed by atoms with Gasteiger partial charge in [0.05, 0.1) is 16.6 Å². The van der Waals surface area contributed by atoms with Crippen LogP contribution in [0.3, 0.4) is 0 Å². The van der Waals surface area contributed by atoms with Crippen molar-refractivity contribution in [3.63, 3.8) is 0 Å². The predicted octanol–water partition coefficient (Wildman–Crippen LogP) is 2.55. The van der Waals surface area contributed by atoms with Crippen molar-refractivity contribution < 1.29 is 9.18 Å². The number of carbonyl (C=O) groups excluding carboxylic acids is 1. The van der Waals surface area contributed by atoms with Crippen molar-refractivity contribution in [2.24, 2.45) is 0 Å². The monoisotopic (exact) mass is 273 g/mol. The van der Waals surface area contributed by atoms with E-state index in [0.717, 1.165) is 12.0 Å². The van der Waals surface area contributed by atoms with E-state index in [2.05, 4.69) is 21.2 Å². The second-order valence-electron chi connectivity index (χ2n) is 3.25. The average Bonchev–Trinajstić information content (AvgIpc) is 2.22. The topological polar surface area (TPSA) is 29.1 Å². The van der Waals surface area contributed by atoms with E-state index >= 15 is 0 Å². The second kappa shape index (κ2) is 5.37. The number of aryl methyl sites for hydroxylation is 1. The van der Waals surface area contributed by atoms with E-state index in [1.54, 1.807) is 19.2 Å². The Kier molecular flexibility index (Phi) is 4.42. The molecule has 0 amide bonds. The SMILES string of the molecule is CCc1cc(Br)c(F)c(C(=O)CNC)c1. The molecule has 0 aliphatic rings. The van der Waals surface area contributed by atoms with E-state index in [-0.39, 0.29) is 17.9 Å². The number of nitrogens with one attached hydrogen (secondary N) is 1. The molecule has 82 valence electrons. The van der Waals surface area contributed by atoms with E-state index in [9.17, 15) is 9.18 Å². The first-order chi connectivity index (χ1) is 7.10. The molecule has 0 saturated heterocycles. The summed E-state index contributed by atoms with van der Waals surface area (Å²) in [5, 5.41) is 2.72. The van der Waals surface area contributed by atoms with Crippen LogP contribution in [-0.2, 0) is 6.42 Å². The van der Waals surface area contributed by atoms with Crippen LogP contribution in [0.5, 0.6) is 0 Å². The fourth-order valence-electron chi connectivity index (χ4n) is 1.31. The minimum Gasteiger partial charge on any atom is -0.313 e. The minimum absolute atomic E-state index is 0.149. The Balaban J connectivity index is 3.15. The van der Waals surface area contributed by atoms with Gasteiger partial charge in [-0.05, 0) is 47.1 Å². The highest BCUT2D eigenvalue weighted by atomic mass is 79.9. The van der Waals surface area contributed by atoms with Gasteiger partial charge in [0.25, 0.3) is 0 Å². The molecule has 0 heterocycles. The molecule has 1 aromatic rings. The third-order valence-electron chi connectivity index (χ3n) is 2.13. The van der Waals surface area contributed by atoms with Gasteiger partial charge in [0, 0.05) is 0 Å². The predicted molar refractivity (Wildman–Crippen MR) is 61.7 cm³/mol. The smallest absolute Gasteiger partial charge is 0.179 e. The number of halogens is 2. The lowest BCUT2D eigenvalue weighted by molar-refractivity contribution is 0.0989. The maximum absolute atomic E-state index is 13.6. The molecular formula is C11H13BrFNO. The van der Waals surface area contributed by atoms with Gasteiger partial charge in [-0.15, -0.1) is 0 Å². The number of hydrogen-bond donors (Lipinski definition) is 1. The molecule has 0 unspecified atom stereocenters. The van der Waals surface area contributed by atoms with Gasteiger partial charge < -0.3 is 5.32 Å². The molecule has 0 fully saturated rings. The molecule has 1 aromatic carbocycles. The summed E-state index contributed by atoms with van der Waals surface area (Å²) in [6.45, 7) is 2.11. The van der Waals surface area contributed by atoms with Crippen LogP contribution in [-0.4, -0.2) is 19.4 Å². The number of benzene rings is 1. The third kappa shape index (κ3) is 2.86. The molecule has 0 bridgehead atoms. The first kappa shape index (κ1) is 12.3. The lowest BCUT2D eigenvalue weighted by Crippen LogP contribution is -2.20. The Labute approximate surface area is 97.0 Å². The average molecular weight is 274 g/mol. The number of rotatable bonds is 4. The van der Waals surface area contributed by atoms with Gasteiger partial charge in [-0.1, -0.05) is 6.92 Å². The van der Waals surface area contributed by atoms with E-state index in [1.807, 2.05) is 6.92 Å². The van der Waals surface area contributed by atoms with Crippen LogP contribution in [0, 0.1) is 5.82 Å². The highest BCUT2D eigenvalue weighted by molar-refractivity contribution is 9.10. The van der Waals surface area contributed by atoms with Gasteiger partial charge in [0.1, 0.15) is 5.82 Å². The van der Waals surface area contributed by atoms with E-state index in [4.69, 9.17) is 0 Å². The zero-order valence-electron chi connectivity index (χ0n) is 8.73. The molecule has 0 spiro atoms. The van der Waals surface area contributed by atoms with Gasteiger partial charge >= 0.3 is 0 Å². The summed E-state index contributed by atoms with van der Waals surface area (Å²) in [4.78, 5) is 11.6. The fourth-order valence-corrected chi connectivity index (χ4v) is 1.82. The van der Waals surface area contributed by atoms with Crippen LogP contribution in [0.25, 0.3) is 0 Å². The second-order valence-corrected chi connectivity index (χ2v) is 4.10. The van der Waals surface area contributed by atoms with Crippen LogP contribution in [0.1, 0.15) is 22.8 Å². The molecule has 0 aliphatic carbocycles. The standard InChI is InChI=1S/C11H13BrFNO/c1-3-7-4-8(10(15)6-14-2)11(13)9(12)5-7/h4-5,14H,3,6H2,1-2H3. The summed E-state index contributed by atoms with van der Waals surface area (Å²) in [5.41, 5.74) is 1.10. The number of Topliss-reactive ketones (excluding diaryl/α,β-unsaturated/α-hetero) is 1. The van der Waals surface area contributed by atoms with Crippen molar-refractivity contribution in [3.05, 3.63) is 33.5 Å². The van der Waals surface area contributed by atoms with Crippen molar-refractivity contribution in [3.8, 4) is 0 Å². The number of ketones is 1. The molecule has 0 saturated carbocycles. The molecule has 0 atom stereocenters. The lowest BCUT2D eigenvalue weighted by atomic mass is 10.0. The first-order valence-corrected chi connectivity index (χ1v) is 5.55. The summed E-state index contributed by atoms with van der Waals surface area (Å²) in [6, 6.07) is 3.31. The normalized spacial score (nSPS) is 10.4. The quantitative estimate of drug-likeness (QED) is 0.855. The van der Waals surface area contributed by atoms with E-state index in [0.29, 0.717) is 4.47 Å². The van der Waals surface area contributed by atoms with E-state index < -0.39 is 5.82 Å². The highest BCUT2D eigenvalue weighted by Crippen LogP contribution is 2.22. The number of likely N-dealkylation sites (N-methyl/N-ethyl adjacent to an activating group) is 1. The molecule has 1 rings (SSSR count). The highest BCUT2D eigenvalue weighted by Gasteiger charge is 2.14. The zero-order chi connectivity index (χ0) is 11.4. The van der Waals surface area contributed by atoms with Crippen molar-refractivity contribution in [2.75, 3.05) is 13.6 Å². The number of hydrogen-bond acceptors (Lipinski definition) is 2. The number of carbonyl (C=O) groups is 1. The third-order valence-corrected chi connectivity index (χ3v) is 2.71. The molecule has 0 aliphatic heterocycles. The van der Waals surface area contributed by atoms with Crippen LogP contribution in [0.4, 0.5) is 4.39 Å². The molecule has 0 aromatic heterocycles. The van der Waals surface area contributed by atoms with Crippen LogP contribution >= 0.6 is 15.9 Å². The maximum Gasteiger partial charge on any atom is 0.179 e. The Morgan fingerprint density at radius 3 is 2.73 bits per heavy atom. The summed E-state index contributed by atoms with van der Waals surface area (Å²) < 4.78 is 13.9. The van der Waals surface area contributed by atoms with E-state index in [1.165, 1.54) is 0 Å². The Morgan fingerprint density at radius 1 is 1.53 bits per heavy atom. The fraction of sp³-hybridized carbons (Fsp3) is 0.364. The first-order valence-electron chi connectivity index (χ1n) is 4.75. The van der Waals surface area contributed by atoms with Crippen molar-refractivity contribution in [1.82, 2.24) is 5.32 Å². The van der Waals surface area contributed by atoms with Crippen LogP contribution in [0.2, 0.25) is 0 Å². The zero-order valence-corrected chi connectivity index (χ0v) is 10.3. The van der Waals surface area contributed by atoms with Gasteiger partial charge in [-0.2, -0.15) is 0 Å². The van der Waals surface area contributed by atoms with Crippen molar-refractivity contribution >= 4 is 21.7 Å². The summed E-state index contributed by atoms with van der Waals surface area (Å²) in [5.74, 6) is -0.710. The molecule has 2 nitrogen and oxygen atoms in total. The lowest BCUT2D eigenvalue weighted by Gasteiger charge is -2.06. The molecule has 15 heavy (non-hydrogen) atoms. The Hall–Kier alpha value is -0.740. The summed E-state index contributed by atoms with van der Waals surface area (Å²) >= 11 is 3.11. The van der Waals surface area contributed by atoms with Gasteiger partial charge in [-0.3, -0.25) is 4.79 Å². The molecular weight excluding hydrogens is 261 g/mol. The minimum atomic E-state index is -0.479. The van der Waals surface area contributed by atoms with Gasteiger partial charge in [-0.25, -0.2) is 4.39 Å². The van der Waals surface area contributed by atoms with Gasteiger partial charge in [0.2, 0.25) is 0 Å². The van der Waals surface area contributed by atoms with Crippen molar-refractivity contribution in [2.45, 2.75) is 13.3 Å². The maximum atomic E-state index is 13.6. The molecule has 4 heteroatoms. The van der Waals surface area contributed by atoms with Gasteiger partial charge in [0.15, 0.2) is 5.78 Å². The molecule has 1 N–H and O–H groups in total. The summed E-state index contributed by atoms with van der Waals surface area (Å²) in [6.07, 6.45) is 0.777.